The minimum absolute atomic E-state index is 0.0743. The van der Waals surface area contributed by atoms with Crippen LogP contribution in [0.3, 0.4) is 0 Å². The summed E-state index contributed by atoms with van der Waals surface area (Å²) in [5.74, 6) is 8.89. The van der Waals surface area contributed by atoms with Gasteiger partial charge in [0.05, 0.1) is 0 Å². The van der Waals surface area contributed by atoms with Crippen molar-refractivity contribution in [2.75, 3.05) is 12.4 Å². The maximum absolute atomic E-state index is 12.3. The summed E-state index contributed by atoms with van der Waals surface area (Å²) in [4.78, 5) is 14.4. The topological polar surface area (TPSA) is 40.5 Å². The van der Waals surface area contributed by atoms with Crippen molar-refractivity contribution in [2.24, 2.45) is 28.6 Å². The Hall–Kier alpha value is -0.530. The highest BCUT2D eigenvalue weighted by molar-refractivity contribution is 9.09. The Balaban J connectivity index is 1.58. The third-order valence-corrected chi connectivity index (χ3v) is 10.0. The van der Waals surface area contributed by atoms with Crippen LogP contribution in [0.2, 0.25) is 0 Å². The van der Waals surface area contributed by atoms with E-state index in [1.165, 1.54) is 12.8 Å². The van der Waals surface area contributed by atoms with Gasteiger partial charge in [0.15, 0.2) is 0 Å². The number of rotatable bonds is 2. The number of unbranched alkanes of at least 4 members (excludes halogenated alkanes) is 1. The number of amides is 1. The predicted octanol–water partition coefficient (Wildman–Crippen LogP) is 4.76. The third kappa shape index (κ3) is 2.90. The van der Waals surface area contributed by atoms with E-state index in [4.69, 9.17) is 0 Å². The summed E-state index contributed by atoms with van der Waals surface area (Å²) >= 11 is 3.47. The van der Waals surface area contributed by atoms with Crippen LogP contribution in [0.5, 0.6) is 0 Å². The van der Waals surface area contributed by atoms with Gasteiger partial charge in [-0.25, -0.2) is 0 Å². The SMILES string of the molecule is CN1C(=O)CC[C@]2(C)C3CC[C@@]4(C)C(CC[C@@]4(O)C#CCCCBr)C3CCC12. The monoisotopic (exact) mass is 449 g/mol. The van der Waals surface area contributed by atoms with Crippen molar-refractivity contribution >= 4 is 21.8 Å². The number of aliphatic hydroxyl groups is 1. The zero-order valence-corrected chi connectivity index (χ0v) is 19.4. The average Bonchev–Trinajstić information content (AvgIpc) is 2.94. The average molecular weight is 450 g/mol. The van der Waals surface area contributed by atoms with Crippen molar-refractivity contribution < 1.29 is 9.90 Å². The Morgan fingerprint density at radius 3 is 2.64 bits per heavy atom. The molecule has 1 N–H and O–H groups in total. The molecule has 0 aromatic carbocycles. The van der Waals surface area contributed by atoms with Crippen molar-refractivity contribution in [3.8, 4) is 11.8 Å². The molecule has 4 fully saturated rings. The lowest BCUT2D eigenvalue weighted by atomic mass is 9.46. The maximum Gasteiger partial charge on any atom is 0.222 e. The molecule has 0 spiro atoms. The van der Waals surface area contributed by atoms with Crippen molar-refractivity contribution in [1.82, 2.24) is 4.90 Å². The summed E-state index contributed by atoms with van der Waals surface area (Å²) in [5, 5.41) is 12.5. The van der Waals surface area contributed by atoms with E-state index >= 15 is 0 Å². The lowest BCUT2D eigenvalue weighted by Crippen LogP contribution is -2.62. The second-order valence-corrected chi connectivity index (χ2v) is 11.2. The zero-order valence-electron chi connectivity index (χ0n) is 17.8. The van der Waals surface area contributed by atoms with E-state index in [9.17, 15) is 9.90 Å². The van der Waals surface area contributed by atoms with E-state index in [1.807, 2.05) is 7.05 Å². The van der Waals surface area contributed by atoms with Crippen molar-refractivity contribution in [3.63, 3.8) is 0 Å². The number of halogens is 1. The van der Waals surface area contributed by atoms with Crippen molar-refractivity contribution in [3.05, 3.63) is 0 Å². The molecule has 0 bridgehead atoms. The first-order valence-corrected chi connectivity index (χ1v) is 12.4. The molecule has 0 radical (unpaired) electrons. The molecule has 4 rings (SSSR count). The van der Waals surface area contributed by atoms with Gasteiger partial charge in [0, 0.05) is 36.7 Å². The van der Waals surface area contributed by atoms with Crippen molar-refractivity contribution in [2.45, 2.75) is 89.7 Å². The first-order valence-electron chi connectivity index (χ1n) is 11.3. The van der Waals surface area contributed by atoms with E-state index in [-0.39, 0.29) is 10.8 Å². The second-order valence-electron chi connectivity index (χ2n) is 10.4. The first-order chi connectivity index (χ1) is 13.3. The Morgan fingerprint density at radius 1 is 1.14 bits per heavy atom. The summed E-state index contributed by atoms with van der Waals surface area (Å²) in [5.41, 5.74) is -0.643. The fourth-order valence-electron chi connectivity index (χ4n) is 7.74. The highest BCUT2D eigenvalue weighted by atomic mass is 79.9. The van der Waals surface area contributed by atoms with E-state index in [0.717, 1.165) is 50.3 Å². The minimum Gasteiger partial charge on any atom is -0.377 e. The molecule has 156 valence electrons. The van der Waals surface area contributed by atoms with Gasteiger partial charge in [0.1, 0.15) is 5.60 Å². The molecule has 28 heavy (non-hydrogen) atoms. The largest absolute Gasteiger partial charge is 0.377 e. The molecule has 1 amide bonds. The van der Waals surface area contributed by atoms with Crippen LogP contribution in [-0.4, -0.2) is 39.9 Å². The van der Waals surface area contributed by atoms with E-state index in [0.29, 0.717) is 36.1 Å². The van der Waals surface area contributed by atoms with E-state index in [2.05, 4.69) is 46.5 Å². The van der Waals surface area contributed by atoms with Crippen LogP contribution in [0.4, 0.5) is 0 Å². The molecule has 1 aliphatic heterocycles. The van der Waals surface area contributed by atoms with Crippen LogP contribution in [0.15, 0.2) is 0 Å². The fourth-order valence-corrected chi connectivity index (χ4v) is 8.02. The third-order valence-electron chi connectivity index (χ3n) is 9.44. The lowest BCUT2D eigenvalue weighted by Gasteiger charge is -2.62. The van der Waals surface area contributed by atoms with Gasteiger partial charge in [-0.15, -0.1) is 5.92 Å². The van der Waals surface area contributed by atoms with E-state index in [1.54, 1.807) is 0 Å². The van der Waals surface area contributed by atoms with Gasteiger partial charge in [-0.3, -0.25) is 4.79 Å². The van der Waals surface area contributed by atoms with Gasteiger partial charge in [-0.2, -0.15) is 0 Å². The van der Waals surface area contributed by atoms with Crippen LogP contribution in [0.25, 0.3) is 0 Å². The lowest BCUT2D eigenvalue weighted by molar-refractivity contribution is -0.163. The number of likely N-dealkylation sites (tertiary alicyclic amines) is 1. The summed E-state index contributed by atoms with van der Waals surface area (Å²) in [6.45, 7) is 4.78. The molecule has 0 aromatic heterocycles. The van der Waals surface area contributed by atoms with Gasteiger partial charge in [0.25, 0.3) is 0 Å². The number of piperidine rings is 1. The Morgan fingerprint density at radius 2 is 1.89 bits per heavy atom. The number of carbonyl (C=O) groups excluding carboxylic acids is 1. The standard InChI is InChI=1S/C24H36BrNO2/c1-22-13-11-21(27)26(3)20(22)8-7-17-18(22)9-14-23(2)19(17)10-15-24(23,28)12-5-4-6-16-25/h17-20,28H,4,6-11,13-16H2,1-3H3/t17?,18?,19?,20?,22-,23+,24+/m1/s1. The molecular weight excluding hydrogens is 414 g/mol. The predicted molar refractivity (Wildman–Crippen MR) is 116 cm³/mol. The quantitative estimate of drug-likeness (QED) is 0.375. The molecule has 3 nitrogen and oxygen atoms in total. The highest BCUT2D eigenvalue weighted by Gasteiger charge is 2.64. The number of alkyl halides is 1. The number of hydrogen-bond acceptors (Lipinski definition) is 2. The minimum atomic E-state index is -0.813. The molecule has 3 aliphatic carbocycles. The van der Waals surface area contributed by atoms with Crippen LogP contribution in [0.1, 0.15) is 78.1 Å². The molecule has 4 heteroatoms. The summed E-state index contributed by atoms with van der Waals surface area (Å²) < 4.78 is 0. The fraction of sp³-hybridized carbons (Fsp3) is 0.875. The van der Waals surface area contributed by atoms with Crippen molar-refractivity contribution in [1.29, 1.82) is 0 Å². The number of hydrogen-bond donors (Lipinski definition) is 1. The molecule has 7 atom stereocenters. The van der Waals surface area contributed by atoms with Crippen LogP contribution in [-0.2, 0) is 4.79 Å². The normalized spacial score (nSPS) is 47.6. The second kappa shape index (κ2) is 7.31. The van der Waals surface area contributed by atoms with Gasteiger partial charge in [-0.1, -0.05) is 35.7 Å². The molecule has 4 aliphatic rings. The Labute approximate surface area is 179 Å². The summed E-state index contributed by atoms with van der Waals surface area (Å²) in [7, 11) is 2.02. The Bertz CT molecular complexity index is 698. The van der Waals surface area contributed by atoms with Crippen LogP contribution < -0.4 is 0 Å². The molecule has 3 saturated carbocycles. The summed E-state index contributed by atoms with van der Waals surface area (Å²) in [6, 6.07) is 0.406. The maximum atomic E-state index is 12.3. The molecule has 4 unspecified atom stereocenters. The Kier molecular flexibility index (Phi) is 5.41. The number of nitrogens with zero attached hydrogens (tertiary/aromatic N) is 1. The first kappa shape index (κ1) is 20.7. The molecule has 0 aromatic rings. The van der Waals surface area contributed by atoms with Gasteiger partial charge < -0.3 is 10.0 Å². The zero-order chi connectivity index (χ0) is 20.2. The molecule has 1 heterocycles. The smallest absolute Gasteiger partial charge is 0.222 e. The van der Waals surface area contributed by atoms with E-state index < -0.39 is 5.60 Å². The highest BCUT2D eigenvalue weighted by Crippen LogP contribution is 2.66. The van der Waals surface area contributed by atoms with Gasteiger partial charge in [-0.05, 0) is 74.5 Å². The molecule has 1 saturated heterocycles. The number of fused-ring (bicyclic) bond motifs is 5. The van der Waals surface area contributed by atoms with Crippen LogP contribution in [0, 0.1) is 40.4 Å². The van der Waals surface area contributed by atoms with Gasteiger partial charge in [0.2, 0.25) is 5.91 Å². The summed E-state index contributed by atoms with van der Waals surface area (Å²) in [6.07, 6.45) is 10.2. The van der Waals surface area contributed by atoms with Gasteiger partial charge >= 0.3 is 0 Å². The molecular formula is C24H36BrNO2. The van der Waals surface area contributed by atoms with Crippen LogP contribution >= 0.6 is 15.9 Å². The number of carbonyl (C=O) groups is 1.